The Labute approximate surface area is 137 Å². The molecule has 0 amide bonds. The van der Waals surface area contributed by atoms with E-state index < -0.39 is 11.2 Å². The Morgan fingerprint density at radius 2 is 1.67 bits per heavy atom. The molecule has 0 saturated carbocycles. The van der Waals surface area contributed by atoms with Gasteiger partial charge >= 0.3 is 5.69 Å². The molecule has 0 bridgehead atoms. The zero-order chi connectivity index (χ0) is 16.9. The molecule has 0 unspecified atom stereocenters. The number of rotatable bonds is 4. The minimum absolute atomic E-state index is 0.0742. The number of H-pyrrole nitrogens is 2. The summed E-state index contributed by atoms with van der Waals surface area (Å²) in [6.07, 6.45) is 0. The fourth-order valence-corrected chi connectivity index (χ4v) is 2.16. The second-order valence-electron chi connectivity index (χ2n) is 5.11. The molecule has 0 atom stereocenters. The van der Waals surface area contributed by atoms with E-state index in [1.807, 2.05) is 61.5 Å². The molecule has 3 aromatic rings. The van der Waals surface area contributed by atoms with E-state index in [4.69, 9.17) is 0 Å². The molecule has 24 heavy (non-hydrogen) atoms. The highest BCUT2D eigenvalue weighted by Gasteiger charge is 2.03. The third-order valence-corrected chi connectivity index (χ3v) is 3.45. The summed E-state index contributed by atoms with van der Waals surface area (Å²) in [6.45, 7) is 1.81. The fraction of sp³-hybridized carbons (Fsp3) is 0.0588. The second-order valence-corrected chi connectivity index (χ2v) is 5.11. The molecule has 0 aliphatic carbocycles. The van der Waals surface area contributed by atoms with Crippen molar-refractivity contribution in [1.29, 1.82) is 0 Å². The molecule has 0 fully saturated rings. The zero-order valence-corrected chi connectivity index (χ0v) is 12.9. The molecule has 0 saturated heterocycles. The number of hydrogen-bond donors (Lipinski definition) is 3. The first-order valence-corrected chi connectivity index (χ1v) is 7.28. The van der Waals surface area contributed by atoms with Crippen LogP contribution in [0.5, 0.6) is 0 Å². The van der Waals surface area contributed by atoms with Gasteiger partial charge in [-0.3, -0.25) is 15.2 Å². The van der Waals surface area contributed by atoms with Gasteiger partial charge in [0.15, 0.2) is 0 Å². The molecule has 3 rings (SSSR count). The van der Waals surface area contributed by atoms with Crippen LogP contribution >= 0.6 is 0 Å². The number of anilines is 1. The van der Waals surface area contributed by atoms with Crippen LogP contribution in [0.25, 0.3) is 11.1 Å². The Hall–Kier alpha value is -3.48. The summed E-state index contributed by atoms with van der Waals surface area (Å²) in [5, 5.41) is 9.85. The van der Waals surface area contributed by atoms with Crippen LogP contribution in [0.4, 0.5) is 5.82 Å². The van der Waals surface area contributed by atoms with Gasteiger partial charge in [0.25, 0.3) is 5.56 Å². The van der Waals surface area contributed by atoms with Crippen LogP contribution in [0.1, 0.15) is 12.5 Å². The number of hydrogen-bond acceptors (Lipinski definition) is 5. The summed E-state index contributed by atoms with van der Waals surface area (Å²) < 4.78 is 0. The van der Waals surface area contributed by atoms with E-state index in [-0.39, 0.29) is 5.82 Å². The number of nitrogens with zero attached hydrogens (tertiary/aromatic N) is 2. The molecule has 1 aromatic heterocycles. The minimum atomic E-state index is -0.664. The van der Waals surface area contributed by atoms with E-state index in [1.54, 1.807) is 0 Å². The highest BCUT2D eigenvalue weighted by molar-refractivity contribution is 5.99. The van der Waals surface area contributed by atoms with Crippen molar-refractivity contribution in [3.8, 4) is 11.1 Å². The number of benzene rings is 2. The summed E-state index contributed by atoms with van der Waals surface area (Å²) in [6, 6.07) is 18.0. The summed E-state index contributed by atoms with van der Waals surface area (Å²) in [5.74, 6) is -0.0742. The van der Waals surface area contributed by atoms with E-state index in [0.29, 0.717) is 5.71 Å². The van der Waals surface area contributed by atoms with Crippen LogP contribution in [0.3, 0.4) is 0 Å². The highest BCUT2D eigenvalue weighted by Crippen LogP contribution is 2.19. The Bertz CT molecular complexity index is 972. The Kier molecular flexibility index (Phi) is 4.33. The monoisotopic (exact) mass is 321 g/mol. The molecule has 7 nitrogen and oxygen atoms in total. The maximum atomic E-state index is 11.5. The van der Waals surface area contributed by atoms with E-state index in [0.717, 1.165) is 16.7 Å². The Balaban J connectivity index is 1.78. The molecule has 0 radical (unpaired) electrons. The molecule has 0 aliphatic heterocycles. The summed E-state index contributed by atoms with van der Waals surface area (Å²) in [7, 11) is 0. The van der Waals surface area contributed by atoms with Crippen LogP contribution in [0, 0.1) is 0 Å². The first kappa shape index (κ1) is 15.4. The standard InChI is InChI=1S/C17H15N5O2/c1-11(19-20-15-16(23)18-17(24)22-21-15)12-7-9-14(10-8-12)13-5-3-2-4-6-13/h2-10H,1H3,(H,20,21)(H2,18,22,23,24)/b19-11+. The van der Waals surface area contributed by atoms with E-state index in [1.165, 1.54) is 0 Å². The number of nitrogens with one attached hydrogen (secondary N) is 3. The maximum absolute atomic E-state index is 11.5. The van der Waals surface area contributed by atoms with Gasteiger partial charge in [-0.05, 0) is 23.6 Å². The molecular weight excluding hydrogens is 306 g/mol. The summed E-state index contributed by atoms with van der Waals surface area (Å²) in [4.78, 5) is 24.5. The molecule has 2 aromatic carbocycles. The molecule has 3 N–H and O–H groups in total. The average Bonchev–Trinajstić information content (AvgIpc) is 2.62. The van der Waals surface area contributed by atoms with Gasteiger partial charge in [-0.15, -0.1) is 5.10 Å². The minimum Gasteiger partial charge on any atom is -0.270 e. The number of aromatic amines is 2. The molecule has 0 aliphatic rings. The number of hydrazone groups is 1. The third-order valence-electron chi connectivity index (χ3n) is 3.45. The lowest BCUT2D eigenvalue weighted by atomic mass is 10.0. The van der Waals surface area contributed by atoms with Crippen molar-refractivity contribution < 1.29 is 0 Å². The van der Waals surface area contributed by atoms with Crippen molar-refractivity contribution in [1.82, 2.24) is 15.2 Å². The van der Waals surface area contributed by atoms with Gasteiger partial charge in [-0.1, -0.05) is 54.6 Å². The van der Waals surface area contributed by atoms with Crippen molar-refractivity contribution >= 4 is 11.5 Å². The third kappa shape index (κ3) is 3.46. The molecule has 120 valence electrons. The van der Waals surface area contributed by atoms with Crippen LogP contribution in [0.15, 0.2) is 69.3 Å². The molecule has 7 heteroatoms. The van der Waals surface area contributed by atoms with Gasteiger partial charge in [0.05, 0.1) is 5.71 Å². The molecule has 1 heterocycles. The van der Waals surface area contributed by atoms with Gasteiger partial charge in [-0.2, -0.15) is 5.10 Å². The van der Waals surface area contributed by atoms with Crippen molar-refractivity contribution in [2.45, 2.75) is 6.92 Å². The van der Waals surface area contributed by atoms with Gasteiger partial charge < -0.3 is 0 Å². The fourth-order valence-electron chi connectivity index (χ4n) is 2.16. The highest BCUT2D eigenvalue weighted by atomic mass is 16.2. The van der Waals surface area contributed by atoms with E-state index in [2.05, 4.69) is 25.7 Å². The van der Waals surface area contributed by atoms with E-state index in [9.17, 15) is 9.59 Å². The van der Waals surface area contributed by atoms with Gasteiger partial charge in [0.1, 0.15) is 0 Å². The van der Waals surface area contributed by atoms with Crippen molar-refractivity contribution in [3.05, 3.63) is 81.0 Å². The quantitative estimate of drug-likeness (QED) is 0.505. The van der Waals surface area contributed by atoms with Crippen LogP contribution in [-0.4, -0.2) is 20.9 Å². The van der Waals surface area contributed by atoms with Gasteiger partial charge in [-0.25, -0.2) is 9.89 Å². The lowest BCUT2D eigenvalue weighted by Crippen LogP contribution is -2.26. The summed E-state index contributed by atoms with van der Waals surface area (Å²) >= 11 is 0. The molecule has 0 spiro atoms. The maximum Gasteiger partial charge on any atom is 0.342 e. The lowest BCUT2D eigenvalue weighted by Gasteiger charge is -2.05. The Morgan fingerprint density at radius 1 is 1.00 bits per heavy atom. The Morgan fingerprint density at radius 3 is 2.33 bits per heavy atom. The predicted octanol–water partition coefficient (Wildman–Crippen LogP) is 1.96. The topological polar surface area (TPSA) is 103 Å². The van der Waals surface area contributed by atoms with E-state index >= 15 is 0 Å². The first-order chi connectivity index (χ1) is 11.6. The average molecular weight is 321 g/mol. The summed E-state index contributed by atoms with van der Waals surface area (Å²) in [5.41, 5.74) is 5.09. The van der Waals surface area contributed by atoms with Crippen LogP contribution in [-0.2, 0) is 0 Å². The first-order valence-electron chi connectivity index (χ1n) is 7.28. The second kappa shape index (κ2) is 6.74. The van der Waals surface area contributed by atoms with Crippen LogP contribution in [0.2, 0.25) is 0 Å². The largest absolute Gasteiger partial charge is 0.342 e. The van der Waals surface area contributed by atoms with Gasteiger partial charge in [0.2, 0.25) is 5.82 Å². The SMILES string of the molecule is C/C(=N\Nc1n[nH]c(=O)[nH]c1=O)c1ccc(-c2ccccc2)cc1. The van der Waals surface area contributed by atoms with Crippen LogP contribution < -0.4 is 16.7 Å². The van der Waals surface area contributed by atoms with Crippen molar-refractivity contribution in [2.75, 3.05) is 5.43 Å². The lowest BCUT2D eigenvalue weighted by molar-refractivity contribution is 0.889. The van der Waals surface area contributed by atoms with Gasteiger partial charge in [0, 0.05) is 0 Å². The van der Waals surface area contributed by atoms with Crippen molar-refractivity contribution in [2.24, 2.45) is 5.10 Å². The smallest absolute Gasteiger partial charge is 0.270 e. The molecular formula is C17H15N5O2. The normalized spacial score (nSPS) is 11.3. The zero-order valence-electron chi connectivity index (χ0n) is 12.9. The van der Waals surface area contributed by atoms with Crippen molar-refractivity contribution in [3.63, 3.8) is 0 Å². The predicted molar refractivity (Wildman–Crippen MR) is 93.2 cm³/mol. The number of aromatic nitrogens is 3.